The van der Waals surface area contributed by atoms with Crippen molar-refractivity contribution in [3.63, 3.8) is 0 Å². The van der Waals surface area contributed by atoms with Crippen LogP contribution in [-0.4, -0.2) is 59.5 Å². The summed E-state index contributed by atoms with van der Waals surface area (Å²) < 4.78 is 184. The van der Waals surface area contributed by atoms with E-state index in [1.807, 2.05) is 102 Å². The van der Waals surface area contributed by atoms with E-state index in [1.54, 1.807) is 164 Å². The van der Waals surface area contributed by atoms with E-state index in [2.05, 4.69) is 11.1 Å². The maximum absolute atomic E-state index is 15.6. The molecule has 0 saturated carbocycles. The fraction of sp³-hybridized carbons (Fsp3) is 0.221. The molecular formula is C104H86F11N5O10. The lowest BCUT2D eigenvalue weighted by molar-refractivity contribution is -0.155. The van der Waals surface area contributed by atoms with Gasteiger partial charge in [-0.25, -0.2) is 0 Å². The molecule has 4 aromatic heterocycles. The van der Waals surface area contributed by atoms with Crippen LogP contribution in [0.4, 0.5) is 48.3 Å². The number of rotatable bonds is 33. The van der Waals surface area contributed by atoms with E-state index in [-0.39, 0.29) is 93.1 Å². The maximum atomic E-state index is 15.6. The molecule has 0 aliphatic heterocycles. The molecule has 0 aliphatic carbocycles. The van der Waals surface area contributed by atoms with Crippen LogP contribution in [-0.2, 0) is 121 Å². The smallest absolute Gasteiger partial charge is 0.449 e. The van der Waals surface area contributed by atoms with E-state index in [0.29, 0.717) is 71.9 Å². The van der Waals surface area contributed by atoms with Gasteiger partial charge in [0.15, 0.2) is 0 Å². The van der Waals surface area contributed by atoms with Gasteiger partial charge in [-0.05, 0) is 201 Å². The summed E-state index contributed by atoms with van der Waals surface area (Å²) in [6, 6.07) is 76.4. The van der Waals surface area contributed by atoms with Crippen LogP contribution in [0.25, 0.3) is 65.8 Å². The number of nitrogens with zero attached hydrogens (tertiary/aromatic N) is 5. The quantitative estimate of drug-likeness (QED) is 0.0327. The van der Waals surface area contributed by atoms with E-state index >= 15 is 26.3 Å². The van der Waals surface area contributed by atoms with Gasteiger partial charge in [0.25, 0.3) is 0 Å². The fourth-order valence-corrected chi connectivity index (χ4v) is 17.0. The highest BCUT2D eigenvalue weighted by Crippen LogP contribution is 2.45. The van der Waals surface area contributed by atoms with Crippen LogP contribution >= 0.6 is 0 Å². The first-order valence-electron chi connectivity index (χ1n) is 41.6. The number of carbonyl (C=O) groups is 3. The lowest BCUT2D eigenvalue weighted by Crippen LogP contribution is -2.35. The Balaban J connectivity index is 0.682. The SMILES string of the molecule is Cc1ccc2ncccc2c1CN(Cc1ccc(-c2cccc(C(C)(Cc3cc(CN(Cc4ccc(-c5cccc(C(C)(C)C(=O)O)c5)cc4)Cc4c(C#N)ccc5ccccc45)oc3C(F)(F)F)C(=O)O)c2)cc1)Cc1cc(CC(C)(C(=O)O)c2cccc(-c3ccc(CN(Cc4ccc(C(F)(F)F)o4)Cc4c(OC(F)F)ccc5ccccc45)cc3)c2)c(C(F)(F)F)o1. The van der Waals surface area contributed by atoms with Crippen LogP contribution < -0.4 is 4.74 Å². The van der Waals surface area contributed by atoms with E-state index < -0.39 is 101 Å². The molecule has 130 heavy (non-hydrogen) atoms. The molecule has 2 atom stereocenters. The molecule has 15 nitrogen and oxygen atoms in total. The van der Waals surface area contributed by atoms with Crippen LogP contribution in [0.1, 0.15) is 135 Å². The predicted molar refractivity (Wildman–Crippen MR) is 469 cm³/mol. The summed E-state index contributed by atoms with van der Waals surface area (Å²) >= 11 is 0. The number of hydrogen-bond acceptors (Lipinski definition) is 12. The Kier molecular flexibility index (Phi) is 25.8. The Labute approximate surface area is 740 Å². The number of nitriles is 1. The third-order valence-electron chi connectivity index (χ3n) is 24.2. The lowest BCUT2D eigenvalue weighted by atomic mass is 9.76. The number of halogens is 11. The number of hydrogen-bond donors (Lipinski definition) is 3. The number of pyridine rings is 1. The third-order valence-corrected chi connectivity index (χ3v) is 24.2. The highest BCUT2D eigenvalue weighted by Gasteiger charge is 2.46. The molecule has 0 saturated heterocycles. The van der Waals surface area contributed by atoms with Gasteiger partial charge >= 0.3 is 43.0 Å². The zero-order valence-corrected chi connectivity index (χ0v) is 70.9. The van der Waals surface area contributed by atoms with Crippen molar-refractivity contribution in [3.05, 3.63) is 380 Å². The van der Waals surface area contributed by atoms with Crippen LogP contribution in [0.2, 0.25) is 0 Å². The number of carboxylic acid groups (broad SMARTS) is 3. The van der Waals surface area contributed by atoms with Gasteiger partial charge in [0.2, 0.25) is 17.3 Å². The van der Waals surface area contributed by atoms with Crippen LogP contribution in [0, 0.1) is 18.3 Å². The second-order valence-corrected chi connectivity index (χ2v) is 33.7. The van der Waals surface area contributed by atoms with Gasteiger partial charge in [-0.3, -0.25) is 34.1 Å². The van der Waals surface area contributed by atoms with Gasteiger partial charge in [-0.2, -0.15) is 53.6 Å². The standard InChI is InChI=1S/C104H86F11N5O10/c1-63-25-42-90-86(24-13-45-117-90)87(63)60-119(58-82-49-76(93(128-82)103(110,111)112)51-100(4,96(123)124)79-20-11-17-73(47-79)68-34-28-64(29-35-68)54-118(57-81-41-44-92(127-81)102(107,108)109)62-89-85-23-9-7-15-71(85)40-43-91(89)130-98(105)106)55-65-30-36-69(37-31-65)74-18-12-21-80(48-74)101(5,97(125)126)52-77-50-83(129-94(77)104(113,114)115)59-120(61-88-75(53-116)39-38-70-14-6-8-22-84(70)88)56-66-26-32-67(33-27-66)72-16-10-19-78(46-72)99(2,3)95(121)122/h6-50,98H,51-52,54-62H2,1-5H3,(H,121,122)(H,123,124)(H,125,126). The molecule has 0 aliphatic rings. The number of aryl methyl sites for hydroxylation is 1. The fourth-order valence-electron chi connectivity index (χ4n) is 17.0. The van der Waals surface area contributed by atoms with Gasteiger partial charge < -0.3 is 33.3 Å². The minimum absolute atomic E-state index is 0.0421. The summed E-state index contributed by atoms with van der Waals surface area (Å²) in [7, 11) is 0. The molecule has 15 rings (SSSR count). The number of furan rings is 3. The second kappa shape index (κ2) is 37.0. The van der Waals surface area contributed by atoms with Crippen molar-refractivity contribution in [2.75, 3.05) is 0 Å². The number of ether oxygens (including phenoxy) is 1. The number of fused-ring (bicyclic) bond motifs is 3. The van der Waals surface area contributed by atoms with E-state index in [4.69, 9.17) is 18.0 Å². The molecule has 0 radical (unpaired) electrons. The minimum atomic E-state index is -5.12. The highest BCUT2D eigenvalue weighted by molar-refractivity contribution is 5.90. The Morgan fingerprint density at radius 2 is 0.838 bits per heavy atom. The highest BCUT2D eigenvalue weighted by atomic mass is 19.4. The number of aliphatic carboxylic acids is 3. The van der Waals surface area contributed by atoms with Gasteiger partial charge in [-0.15, -0.1) is 0 Å². The molecule has 2 unspecified atom stereocenters. The molecule has 0 amide bonds. The molecule has 4 heterocycles. The van der Waals surface area contributed by atoms with Crippen molar-refractivity contribution >= 4 is 50.4 Å². The first kappa shape index (κ1) is 90.8. The van der Waals surface area contributed by atoms with Crippen molar-refractivity contribution in [2.24, 2.45) is 0 Å². The summed E-state index contributed by atoms with van der Waals surface area (Å²) in [5, 5.41) is 46.5. The Morgan fingerprint density at radius 1 is 0.408 bits per heavy atom. The topological polar surface area (TPSA) is 207 Å². The van der Waals surface area contributed by atoms with E-state index in [0.717, 1.165) is 50.0 Å². The monoisotopic (exact) mass is 1770 g/mol. The van der Waals surface area contributed by atoms with Gasteiger partial charge in [0, 0.05) is 67.5 Å². The summed E-state index contributed by atoms with van der Waals surface area (Å²) in [4.78, 5) is 49.8. The summed E-state index contributed by atoms with van der Waals surface area (Å²) in [6.45, 7) is 4.30. The van der Waals surface area contributed by atoms with Crippen LogP contribution in [0.15, 0.2) is 286 Å². The van der Waals surface area contributed by atoms with Crippen molar-refractivity contribution in [1.29, 1.82) is 5.26 Å². The van der Waals surface area contributed by atoms with Crippen molar-refractivity contribution in [3.8, 4) is 45.2 Å². The van der Waals surface area contributed by atoms with Crippen LogP contribution in [0.3, 0.4) is 0 Å². The Hall–Kier alpha value is -14.0. The molecule has 11 aromatic carbocycles. The largest absolute Gasteiger partial charge is 0.481 e. The normalized spacial score (nSPS) is 13.2. The average Bonchev–Trinajstić information content (AvgIpc) is 0.914. The molecule has 26 heteroatoms. The van der Waals surface area contributed by atoms with Gasteiger partial charge in [-0.1, -0.05) is 218 Å². The molecular weight excluding hydrogens is 1690 g/mol. The molecule has 3 N–H and O–H groups in total. The molecule has 15 aromatic rings. The first-order valence-corrected chi connectivity index (χ1v) is 41.6. The third kappa shape index (κ3) is 20.1. The first-order chi connectivity index (χ1) is 61.9. The molecule has 0 fully saturated rings. The number of aromatic nitrogens is 1. The molecule has 0 bridgehead atoms. The van der Waals surface area contributed by atoms with Gasteiger partial charge in [0.05, 0.1) is 53.0 Å². The molecule has 0 spiro atoms. The maximum Gasteiger partial charge on any atom is 0.449 e. The Morgan fingerprint density at radius 3 is 1.28 bits per heavy atom. The van der Waals surface area contributed by atoms with Crippen molar-refractivity contribution < 1.29 is 96.0 Å². The zero-order valence-electron chi connectivity index (χ0n) is 70.9. The lowest BCUT2D eigenvalue weighted by Gasteiger charge is -2.26. The summed E-state index contributed by atoms with van der Waals surface area (Å²) in [5.41, 5.74) is 4.08. The number of alkyl halides is 11. The minimum Gasteiger partial charge on any atom is -0.481 e. The molecule has 664 valence electrons. The van der Waals surface area contributed by atoms with Crippen LogP contribution in [0.5, 0.6) is 5.75 Å². The number of benzene rings is 11. The van der Waals surface area contributed by atoms with E-state index in [9.17, 15) is 56.9 Å². The van der Waals surface area contributed by atoms with E-state index in [1.165, 1.54) is 50.2 Å². The second-order valence-electron chi connectivity index (χ2n) is 33.7. The van der Waals surface area contributed by atoms with Gasteiger partial charge in [0.1, 0.15) is 23.0 Å². The predicted octanol–water partition coefficient (Wildman–Crippen LogP) is 25.3. The van der Waals surface area contributed by atoms with Crippen molar-refractivity contribution in [1.82, 2.24) is 19.7 Å². The summed E-state index contributed by atoms with van der Waals surface area (Å²) in [5.74, 6) is -8.36. The zero-order chi connectivity index (χ0) is 92.4. The summed E-state index contributed by atoms with van der Waals surface area (Å²) in [6.07, 6.45) is -14.7. The number of carboxylic acids is 3. The van der Waals surface area contributed by atoms with Crippen molar-refractivity contribution in [2.45, 2.75) is 148 Å². The average molecular weight is 1770 g/mol. The Bertz CT molecular complexity index is 6750.